The molecule has 0 saturated heterocycles. The molecule has 7 heteroatoms. The Labute approximate surface area is 140 Å². The van der Waals surface area contributed by atoms with Crippen LogP contribution in [0, 0.1) is 0 Å². The number of Topliss-reactive ketones (excluding diaryl/α,β-unsaturated/α-hetero) is 1. The number of rotatable bonds is 4. The highest BCUT2D eigenvalue weighted by molar-refractivity contribution is 7.92. The predicted molar refractivity (Wildman–Crippen MR) is 90.8 cm³/mol. The summed E-state index contributed by atoms with van der Waals surface area (Å²) >= 11 is 0. The van der Waals surface area contributed by atoms with Crippen LogP contribution in [0.5, 0.6) is 0 Å². The van der Waals surface area contributed by atoms with E-state index in [2.05, 4.69) is 4.72 Å². The zero-order valence-corrected chi connectivity index (χ0v) is 14.1. The number of likely N-dealkylation sites (N-methyl/N-ethyl adjacent to an activating group) is 1. The monoisotopic (exact) mass is 344 g/mol. The number of ketones is 1. The van der Waals surface area contributed by atoms with Gasteiger partial charge in [-0.05, 0) is 42.8 Å². The number of nitrogens with one attached hydrogen (secondary N) is 1. The fourth-order valence-corrected chi connectivity index (χ4v) is 3.73. The smallest absolute Gasteiger partial charge is 0.261 e. The van der Waals surface area contributed by atoms with Gasteiger partial charge in [-0.15, -0.1) is 0 Å². The SMILES string of the molecule is CC(=O)c1cccc(NS(=O)(=O)c2ccc3c(c2)CC(=O)N3C)c1. The van der Waals surface area contributed by atoms with Crippen LogP contribution in [0.2, 0.25) is 0 Å². The molecule has 0 aromatic heterocycles. The molecular formula is C17H16N2O4S. The molecule has 3 rings (SSSR count). The zero-order chi connectivity index (χ0) is 17.5. The molecule has 0 bridgehead atoms. The number of carbonyl (C=O) groups excluding carboxylic acids is 2. The van der Waals surface area contributed by atoms with E-state index in [0.717, 1.165) is 5.69 Å². The summed E-state index contributed by atoms with van der Waals surface area (Å²) in [5, 5.41) is 0. The van der Waals surface area contributed by atoms with Gasteiger partial charge >= 0.3 is 0 Å². The summed E-state index contributed by atoms with van der Waals surface area (Å²) in [5.74, 6) is -0.211. The van der Waals surface area contributed by atoms with Crippen molar-refractivity contribution in [2.75, 3.05) is 16.7 Å². The first-order chi connectivity index (χ1) is 11.3. The Bertz CT molecular complexity index is 951. The summed E-state index contributed by atoms with van der Waals surface area (Å²) in [5.41, 5.74) is 2.15. The van der Waals surface area contributed by atoms with Crippen molar-refractivity contribution in [1.82, 2.24) is 0 Å². The largest absolute Gasteiger partial charge is 0.315 e. The minimum absolute atomic E-state index is 0.0679. The lowest BCUT2D eigenvalue weighted by Crippen LogP contribution is -2.20. The number of amides is 1. The second-order valence-electron chi connectivity index (χ2n) is 5.66. The Morgan fingerprint density at radius 1 is 1.17 bits per heavy atom. The van der Waals surface area contributed by atoms with Crippen molar-refractivity contribution in [3.8, 4) is 0 Å². The Morgan fingerprint density at radius 2 is 1.92 bits per heavy atom. The molecule has 6 nitrogen and oxygen atoms in total. The van der Waals surface area contributed by atoms with Crippen molar-refractivity contribution in [2.45, 2.75) is 18.2 Å². The summed E-state index contributed by atoms with van der Waals surface area (Å²) in [6.45, 7) is 1.42. The van der Waals surface area contributed by atoms with E-state index in [1.807, 2.05) is 0 Å². The van der Waals surface area contributed by atoms with Gasteiger partial charge in [0.2, 0.25) is 5.91 Å². The lowest BCUT2D eigenvalue weighted by molar-refractivity contribution is -0.117. The van der Waals surface area contributed by atoms with E-state index in [1.165, 1.54) is 30.0 Å². The molecule has 0 aliphatic carbocycles. The molecule has 1 aliphatic rings. The van der Waals surface area contributed by atoms with Crippen LogP contribution in [-0.2, 0) is 21.2 Å². The Morgan fingerprint density at radius 3 is 2.62 bits per heavy atom. The number of hydrogen-bond acceptors (Lipinski definition) is 4. The second kappa shape index (κ2) is 5.76. The summed E-state index contributed by atoms with van der Waals surface area (Å²) in [6, 6.07) is 10.9. The van der Waals surface area contributed by atoms with Crippen LogP contribution < -0.4 is 9.62 Å². The maximum Gasteiger partial charge on any atom is 0.261 e. The highest BCUT2D eigenvalue weighted by atomic mass is 32.2. The van der Waals surface area contributed by atoms with Crippen molar-refractivity contribution in [3.05, 3.63) is 53.6 Å². The summed E-state index contributed by atoms with van der Waals surface area (Å²) in [6.07, 6.45) is 0.189. The third-order valence-electron chi connectivity index (χ3n) is 3.96. The molecule has 0 fully saturated rings. The van der Waals surface area contributed by atoms with Gasteiger partial charge < -0.3 is 4.90 Å². The summed E-state index contributed by atoms with van der Waals surface area (Å²) < 4.78 is 27.6. The summed E-state index contributed by atoms with van der Waals surface area (Å²) in [7, 11) is -2.14. The molecule has 1 aliphatic heterocycles. The molecule has 0 spiro atoms. The lowest BCUT2D eigenvalue weighted by Gasteiger charge is -2.12. The van der Waals surface area contributed by atoms with Crippen LogP contribution in [0.1, 0.15) is 22.8 Å². The Balaban J connectivity index is 1.92. The maximum absolute atomic E-state index is 12.6. The number of anilines is 2. The number of benzene rings is 2. The van der Waals surface area contributed by atoms with Crippen LogP contribution in [0.25, 0.3) is 0 Å². The number of hydrogen-bond donors (Lipinski definition) is 1. The van der Waals surface area contributed by atoms with Gasteiger partial charge in [0, 0.05) is 24.0 Å². The first-order valence-electron chi connectivity index (χ1n) is 7.31. The number of fused-ring (bicyclic) bond motifs is 1. The van der Waals surface area contributed by atoms with Crippen molar-refractivity contribution in [2.24, 2.45) is 0 Å². The number of sulfonamides is 1. The van der Waals surface area contributed by atoms with Gasteiger partial charge in [-0.3, -0.25) is 14.3 Å². The molecule has 0 saturated carbocycles. The molecule has 2 aromatic carbocycles. The van der Waals surface area contributed by atoms with Gasteiger partial charge in [0.25, 0.3) is 10.0 Å². The van der Waals surface area contributed by atoms with Gasteiger partial charge in [0.15, 0.2) is 5.78 Å². The fourth-order valence-electron chi connectivity index (χ4n) is 2.63. The van der Waals surface area contributed by atoms with E-state index in [9.17, 15) is 18.0 Å². The molecule has 0 unspecified atom stereocenters. The average molecular weight is 344 g/mol. The molecule has 1 heterocycles. The van der Waals surface area contributed by atoms with E-state index < -0.39 is 10.0 Å². The van der Waals surface area contributed by atoms with Gasteiger partial charge in [-0.25, -0.2) is 8.42 Å². The van der Waals surface area contributed by atoms with Gasteiger partial charge in [0.05, 0.1) is 11.3 Å². The molecule has 24 heavy (non-hydrogen) atoms. The Kier molecular flexibility index (Phi) is 3.88. The van der Waals surface area contributed by atoms with Crippen molar-refractivity contribution < 1.29 is 18.0 Å². The first kappa shape index (κ1) is 16.2. The minimum atomic E-state index is -3.80. The van der Waals surface area contributed by atoms with E-state index in [0.29, 0.717) is 16.8 Å². The van der Waals surface area contributed by atoms with Gasteiger partial charge in [-0.2, -0.15) is 0 Å². The van der Waals surface area contributed by atoms with Crippen LogP contribution in [-0.4, -0.2) is 27.2 Å². The maximum atomic E-state index is 12.6. The zero-order valence-electron chi connectivity index (χ0n) is 13.2. The van der Waals surface area contributed by atoms with Gasteiger partial charge in [0.1, 0.15) is 0 Å². The third kappa shape index (κ3) is 2.90. The van der Waals surface area contributed by atoms with Crippen LogP contribution in [0.3, 0.4) is 0 Å². The van der Waals surface area contributed by atoms with Gasteiger partial charge in [-0.1, -0.05) is 12.1 Å². The molecule has 1 amide bonds. The van der Waals surface area contributed by atoms with Crippen molar-refractivity contribution in [3.63, 3.8) is 0 Å². The first-order valence-corrected chi connectivity index (χ1v) is 8.79. The van der Waals surface area contributed by atoms with Crippen LogP contribution >= 0.6 is 0 Å². The molecule has 0 atom stereocenters. The molecule has 0 radical (unpaired) electrons. The predicted octanol–water partition coefficient (Wildman–Crippen LogP) is 2.21. The highest BCUT2D eigenvalue weighted by Crippen LogP contribution is 2.30. The normalized spacial score (nSPS) is 13.8. The molecule has 124 valence electrons. The van der Waals surface area contributed by atoms with E-state index in [4.69, 9.17) is 0 Å². The second-order valence-corrected chi connectivity index (χ2v) is 7.34. The lowest BCUT2D eigenvalue weighted by atomic mass is 10.1. The van der Waals surface area contributed by atoms with E-state index >= 15 is 0 Å². The molecule has 1 N–H and O–H groups in total. The van der Waals surface area contributed by atoms with Crippen molar-refractivity contribution >= 4 is 33.1 Å². The molecule has 2 aromatic rings. The standard InChI is InChI=1S/C17H16N2O4S/c1-11(20)12-4-3-5-14(8-12)18-24(22,23)15-6-7-16-13(9-15)10-17(21)19(16)2/h3-9,18H,10H2,1-2H3. The minimum Gasteiger partial charge on any atom is -0.315 e. The van der Waals surface area contributed by atoms with Crippen LogP contribution in [0.4, 0.5) is 11.4 Å². The summed E-state index contributed by atoms with van der Waals surface area (Å²) in [4.78, 5) is 24.7. The topological polar surface area (TPSA) is 83.5 Å². The molecular weight excluding hydrogens is 328 g/mol. The number of carbonyl (C=O) groups is 2. The number of nitrogens with zero attached hydrogens (tertiary/aromatic N) is 1. The average Bonchev–Trinajstić information content (AvgIpc) is 2.81. The van der Waals surface area contributed by atoms with E-state index in [-0.39, 0.29) is 23.0 Å². The van der Waals surface area contributed by atoms with Crippen LogP contribution in [0.15, 0.2) is 47.4 Å². The fraction of sp³-hybridized carbons (Fsp3) is 0.176. The Hall–Kier alpha value is -2.67. The van der Waals surface area contributed by atoms with E-state index in [1.54, 1.807) is 31.3 Å². The quantitative estimate of drug-likeness (QED) is 0.862. The third-order valence-corrected chi connectivity index (χ3v) is 5.34. The highest BCUT2D eigenvalue weighted by Gasteiger charge is 2.26. The van der Waals surface area contributed by atoms with Crippen molar-refractivity contribution in [1.29, 1.82) is 0 Å².